The van der Waals surface area contributed by atoms with Crippen LogP contribution in [0.4, 0.5) is 4.79 Å². The van der Waals surface area contributed by atoms with Crippen LogP contribution in [-0.4, -0.2) is 64.4 Å². The molecule has 0 aliphatic rings. The van der Waals surface area contributed by atoms with Crippen molar-refractivity contribution in [1.29, 1.82) is 0 Å². The normalized spacial score (nSPS) is 13.1. The summed E-state index contributed by atoms with van der Waals surface area (Å²) in [5, 5.41) is 0. The van der Waals surface area contributed by atoms with Gasteiger partial charge in [-0.3, -0.25) is 0 Å². The van der Waals surface area contributed by atoms with Gasteiger partial charge in [-0.15, -0.1) is 7.92 Å². The summed E-state index contributed by atoms with van der Waals surface area (Å²) in [5.74, 6) is 0. The molecule has 0 aromatic carbocycles. The first-order valence-electron chi connectivity index (χ1n) is 14.0. The van der Waals surface area contributed by atoms with Gasteiger partial charge in [0.2, 0.25) is 0 Å². The summed E-state index contributed by atoms with van der Waals surface area (Å²) >= 11 is 0. The van der Waals surface area contributed by atoms with Gasteiger partial charge in [0.15, 0.2) is 6.29 Å². The fraction of sp³-hybridized carbons (Fsp3) is 0.963. The molecule has 0 saturated heterocycles. The predicted octanol–water partition coefficient (Wildman–Crippen LogP) is 7.46. The van der Waals surface area contributed by atoms with Crippen LogP contribution in [0.5, 0.6) is 0 Å². The van der Waals surface area contributed by atoms with Crippen LogP contribution in [0.2, 0.25) is 0 Å². The van der Waals surface area contributed by atoms with Crippen LogP contribution >= 0.6 is 7.92 Å². The highest BCUT2D eigenvalue weighted by Crippen LogP contribution is 2.33. The van der Waals surface area contributed by atoms with E-state index in [1.807, 2.05) is 6.92 Å². The summed E-state index contributed by atoms with van der Waals surface area (Å²) in [4.78, 5) is 11.4. The van der Waals surface area contributed by atoms with Crippen molar-refractivity contribution >= 4 is 14.1 Å². The average Bonchev–Trinajstić information content (AvgIpc) is 2.82. The zero-order valence-electron chi connectivity index (χ0n) is 22.7. The summed E-state index contributed by atoms with van der Waals surface area (Å²) in [7, 11) is 0.173. The molecule has 0 aliphatic carbocycles. The largest absolute Gasteiger partial charge is 0.508 e. The lowest BCUT2D eigenvalue weighted by Crippen LogP contribution is -2.14. The molecule has 0 aliphatic heterocycles. The van der Waals surface area contributed by atoms with E-state index in [4.69, 9.17) is 24.7 Å². The smallest absolute Gasteiger partial charge is 0.434 e. The van der Waals surface area contributed by atoms with Crippen LogP contribution < -0.4 is 5.73 Å². The third kappa shape index (κ3) is 26.2. The van der Waals surface area contributed by atoms with Crippen LogP contribution in [0.3, 0.4) is 0 Å². The number of nitrogens with two attached hydrogens (primary N) is 1. The van der Waals surface area contributed by atoms with Gasteiger partial charge in [-0.25, -0.2) is 4.79 Å². The van der Waals surface area contributed by atoms with Crippen molar-refractivity contribution in [2.45, 2.75) is 116 Å². The number of hydrogen-bond donors (Lipinski definition) is 1. The molecule has 0 aromatic rings. The van der Waals surface area contributed by atoms with Gasteiger partial charge in [-0.05, 0) is 77.4 Å². The molecule has 2 unspecified atom stereocenters. The first-order chi connectivity index (χ1) is 16.6. The molecule has 0 amide bonds. The molecule has 2 N–H and O–H groups in total. The Morgan fingerprint density at radius 3 is 1.71 bits per heavy atom. The highest BCUT2D eigenvalue weighted by Gasteiger charge is 2.05. The molecule has 204 valence electrons. The van der Waals surface area contributed by atoms with E-state index in [-0.39, 0.29) is 14.2 Å². The Morgan fingerprint density at radius 2 is 1.12 bits per heavy atom. The van der Waals surface area contributed by atoms with E-state index in [0.717, 1.165) is 51.7 Å². The molecular weight excluding hydrogens is 449 g/mol. The summed E-state index contributed by atoms with van der Waals surface area (Å²) in [6.45, 7) is 9.83. The maximum absolute atomic E-state index is 11.4. The number of unbranched alkanes of at least 4 members (excludes halogenated alkanes) is 11. The molecular formula is C27H56NO5P. The highest BCUT2D eigenvalue weighted by atomic mass is 31.1. The summed E-state index contributed by atoms with van der Waals surface area (Å²) in [6.07, 6.45) is 19.8. The van der Waals surface area contributed by atoms with Crippen LogP contribution in [0.1, 0.15) is 110 Å². The number of carbonyl (C=O) groups excluding carboxylic acids is 1. The van der Waals surface area contributed by atoms with E-state index in [2.05, 4.69) is 13.6 Å². The Bertz CT molecular complexity index is 428. The monoisotopic (exact) mass is 505 g/mol. The zero-order chi connectivity index (χ0) is 25.1. The minimum atomic E-state index is -0.544. The molecule has 34 heavy (non-hydrogen) atoms. The Balaban J connectivity index is 3.30. The predicted molar refractivity (Wildman–Crippen MR) is 145 cm³/mol. The van der Waals surface area contributed by atoms with Gasteiger partial charge in [0.25, 0.3) is 0 Å². The second-order valence-electron chi connectivity index (χ2n) is 9.30. The van der Waals surface area contributed by atoms with E-state index in [1.54, 1.807) is 0 Å². The van der Waals surface area contributed by atoms with Crippen LogP contribution in [0.15, 0.2) is 0 Å². The second-order valence-corrected chi connectivity index (χ2v) is 11.9. The van der Waals surface area contributed by atoms with Crippen LogP contribution in [-0.2, 0) is 18.9 Å². The quantitative estimate of drug-likeness (QED) is 0.0569. The number of hydrogen-bond acceptors (Lipinski definition) is 6. The fourth-order valence-electron chi connectivity index (χ4n) is 3.64. The Labute approximate surface area is 212 Å². The SMILES string of the molecule is CCCCCCOC(C)OCCCCP(C)CCCCCCCCCOC(=O)OCCCCN. The zero-order valence-corrected chi connectivity index (χ0v) is 23.6. The maximum Gasteiger partial charge on any atom is 0.508 e. The van der Waals surface area contributed by atoms with Crippen molar-refractivity contribution in [2.75, 3.05) is 52.0 Å². The lowest BCUT2D eigenvalue weighted by atomic mass is 10.1. The van der Waals surface area contributed by atoms with E-state index >= 15 is 0 Å². The first kappa shape index (κ1) is 33.6. The van der Waals surface area contributed by atoms with Crippen molar-refractivity contribution in [3.05, 3.63) is 0 Å². The van der Waals surface area contributed by atoms with Gasteiger partial charge in [0.1, 0.15) is 0 Å². The Hall–Kier alpha value is -0.420. The third-order valence-corrected chi connectivity index (χ3v) is 8.02. The Morgan fingerprint density at radius 1 is 0.676 bits per heavy atom. The topological polar surface area (TPSA) is 80.0 Å². The number of rotatable bonds is 26. The van der Waals surface area contributed by atoms with Crippen LogP contribution in [0, 0.1) is 0 Å². The molecule has 0 aromatic heterocycles. The molecule has 0 radical (unpaired) electrons. The van der Waals surface area contributed by atoms with Crippen LogP contribution in [0.25, 0.3) is 0 Å². The van der Waals surface area contributed by atoms with Gasteiger partial charge in [-0.1, -0.05) is 58.3 Å². The molecule has 2 atom stereocenters. The van der Waals surface area contributed by atoms with Gasteiger partial charge in [0, 0.05) is 13.2 Å². The van der Waals surface area contributed by atoms with Crippen molar-refractivity contribution < 1.29 is 23.7 Å². The van der Waals surface area contributed by atoms with Gasteiger partial charge in [0.05, 0.1) is 13.2 Å². The third-order valence-electron chi connectivity index (χ3n) is 5.86. The molecule has 0 rings (SSSR count). The van der Waals surface area contributed by atoms with Crippen molar-refractivity contribution in [1.82, 2.24) is 0 Å². The minimum Gasteiger partial charge on any atom is -0.434 e. The lowest BCUT2D eigenvalue weighted by molar-refractivity contribution is -0.131. The standard InChI is InChI=1S/C27H56NO5P/c1-4-5-6-13-20-30-26(2)31-21-16-18-25-34(3)24-17-11-9-7-8-10-14-22-32-27(29)33-23-15-12-19-28/h26H,4-25,28H2,1-3H3. The lowest BCUT2D eigenvalue weighted by Gasteiger charge is -2.15. The van der Waals surface area contributed by atoms with Crippen molar-refractivity contribution in [3.63, 3.8) is 0 Å². The molecule has 0 bridgehead atoms. The first-order valence-corrected chi connectivity index (χ1v) is 16.2. The second kappa shape index (κ2) is 27.2. The summed E-state index contributed by atoms with van der Waals surface area (Å²) in [5.41, 5.74) is 5.40. The fourth-order valence-corrected chi connectivity index (χ4v) is 5.39. The van der Waals surface area contributed by atoms with Crippen molar-refractivity contribution in [2.24, 2.45) is 5.73 Å². The Kier molecular flexibility index (Phi) is 26.8. The van der Waals surface area contributed by atoms with E-state index < -0.39 is 6.16 Å². The molecule has 0 spiro atoms. The van der Waals surface area contributed by atoms with Crippen molar-refractivity contribution in [3.8, 4) is 0 Å². The highest BCUT2D eigenvalue weighted by molar-refractivity contribution is 7.56. The maximum atomic E-state index is 11.4. The molecule has 0 heterocycles. The van der Waals surface area contributed by atoms with Gasteiger partial charge >= 0.3 is 6.16 Å². The molecule has 7 heteroatoms. The van der Waals surface area contributed by atoms with Gasteiger partial charge < -0.3 is 24.7 Å². The summed E-state index contributed by atoms with van der Waals surface area (Å²) < 4.78 is 21.5. The number of ether oxygens (including phenoxy) is 4. The van der Waals surface area contributed by atoms with E-state index in [9.17, 15) is 4.79 Å². The summed E-state index contributed by atoms with van der Waals surface area (Å²) in [6, 6.07) is 0. The van der Waals surface area contributed by atoms with Gasteiger partial charge in [-0.2, -0.15) is 0 Å². The van der Waals surface area contributed by atoms with E-state index in [1.165, 1.54) is 70.1 Å². The number of carbonyl (C=O) groups is 1. The molecule has 0 fully saturated rings. The molecule has 0 saturated carbocycles. The minimum absolute atomic E-state index is 0.0645. The average molecular weight is 506 g/mol. The van der Waals surface area contributed by atoms with E-state index in [0.29, 0.717) is 19.8 Å². The molecule has 6 nitrogen and oxygen atoms in total.